The Kier molecular flexibility index (Phi) is 1.96. The number of hydrogen-bond donors (Lipinski definition) is 0. The van der Waals surface area contributed by atoms with Crippen LogP contribution >= 0.6 is 15.9 Å². The van der Waals surface area contributed by atoms with Crippen molar-refractivity contribution in [1.29, 1.82) is 0 Å². The number of rotatable bonds is 1. The number of fused-ring (bicyclic) bond motifs is 1. The van der Waals surface area contributed by atoms with Crippen molar-refractivity contribution < 1.29 is 4.79 Å². The lowest BCUT2D eigenvalue weighted by Gasteiger charge is -1.97. The minimum atomic E-state index is 0.470. The lowest BCUT2D eigenvalue weighted by Crippen LogP contribution is -1.84. The van der Waals surface area contributed by atoms with Crippen LogP contribution in [0.4, 0.5) is 5.82 Å². The molecule has 0 spiro atoms. The maximum absolute atomic E-state index is 10.1. The van der Waals surface area contributed by atoms with E-state index in [1.165, 1.54) is 12.3 Å². The van der Waals surface area contributed by atoms with Gasteiger partial charge in [0.15, 0.2) is 5.82 Å². The maximum atomic E-state index is 10.1. The van der Waals surface area contributed by atoms with Crippen LogP contribution in [0.1, 0.15) is 0 Å². The average molecular weight is 238 g/mol. The van der Waals surface area contributed by atoms with Gasteiger partial charge in [0.1, 0.15) is 5.65 Å². The van der Waals surface area contributed by atoms with E-state index in [0.717, 1.165) is 10.3 Å². The van der Waals surface area contributed by atoms with Gasteiger partial charge in [0.2, 0.25) is 6.08 Å². The molecule has 64 valence electrons. The second-order valence-electron chi connectivity index (χ2n) is 2.36. The highest BCUT2D eigenvalue weighted by molar-refractivity contribution is 9.10. The van der Waals surface area contributed by atoms with E-state index in [1.807, 2.05) is 18.2 Å². The van der Waals surface area contributed by atoms with Crippen molar-refractivity contribution in [3.8, 4) is 0 Å². The minimum Gasteiger partial charge on any atom is -0.270 e. The van der Waals surface area contributed by atoms with Crippen molar-refractivity contribution in [3.63, 3.8) is 0 Å². The summed E-state index contributed by atoms with van der Waals surface area (Å²) in [5.41, 5.74) is 0.739. The zero-order valence-corrected chi connectivity index (χ0v) is 8.02. The molecule has 5 heteroatoms. The first-order valence-electron chi connectivity index (χ1n) is 3.53. The molecular formula is C8H4BrN3O. The second kappa shape index (κ2) is 3.12. The van der Waals surface area contributed by atoms with Crippen molar-refractivity contribution in [2.45, 2.75) is 0 Å². The average Bonchev–Trinajstić information content (AvgIpc) is 2.51. The van der Waals surface area contributed by atoms with Crippen LogP contribution in [0.5, 0.6) is 0 Å². The lowest BCUT2D eigenvalue weighted by atomic mass is 10.5. The van der Waals surface area contributed by atoms with Gasteiger partial charge in [-0.1, -0.05) is 6.07 Å². The predicted octanol–water partition coefficient (Wildman–Crippen LogP) is 2.06. The zero-order chi connectivity index (χ0) is 9.26. The third-order valence-corrected chi connectivity index (χ3v) is 2.24. The van der Waals surface area contributed by atoms with Crippen LogP contribution in [0.3, 0.4) is 0 Å². The number of aliphatic imine (C=N–C) groups is 1. The van der Waals surface area contributed by atoms with Crippen molar-refractivity contribution >= 4 is 33.5 Å². The summed E-state index contributed by atoms with van der Waals surface area (Å²) < 4.78 is 2.52. The van der Waals surface area contributed by atoms with Gasteiger partial charge < -0.3 is 0 Å². The Morgan fingerprint density at radius 2 is 2.38 bits per heavy atom. The SMILES string of the molecule is O=C=Nc1cnc2cccc(Br)n12. The Hall–Kier alpha value is -1.45. The summed E-state index contributed by atoms with van der Waals surface area (Å²) in [4.78, 5) is 17.7. The first kappa shape index (κ1) is 8.16. The minimum absolute atomic E-state index is 0.470. The van der Waals surface area contributed by atoms with Gasteiger partial charge in [-0.25, -0.2) is 9.78 Å². The molecule has 0 aliphatic carbocycles. The predicted molar refractivity (Wildman–Crippen MR) is 50.7 cm³/mol. The van der Waals surface area contributed by atoms with Crippen LogP contribution in [-0.2, 0) is 4.79 Å². The molecule has 0 saturated heterocycles. The number of halogens is 1. The fraction of sp³-hybridized carbons (Fsp3) is 0. The highest BCUT2D eigenvalue weighted by atomic mass is 79.9. The van der Waals surface area contributed by atoms with Crippen molar-refractivity contribution in [2.75, 3.05) is 0 Å². The maximum Gasteiger partial charge on any atom is 0.242 e. The number of carbonyl (C=O) groups excluding carboxylic acids is 1. The third-order valence-electron chi connectivity index (χ3n) is 1.62. The quantitative estimate of drug-likeness (QED) is 0.433. The Balaban J connectivity index is 2.85. The van der Waals surface area contributed by atoms with Crippen LogP contribution in [0.15, 0.2) is 34.0 Å². The Bertz CT molecular complexity index is 499. The van der Waals surface area contributed by atoms with Crippen LogP contribution < -0.4 is 0 Å². The van der Waals surface area contributed by atoms with Gasteiger partial charge in [0.25, 0.3) is 0 Å². The molecule has 0 bridgehead atoms. The molecule has 0 N–H and O–H groups in total. The van der Waals surface area contributed by atoms with Gasteiger partial charge in [-0.2, -0.15) is 0 Å². The van der Waals surface area contributed by atoms with Crippen LogP contribution in [0, 0.1) is 0 Å². The van der Waals surface area contributed by atoms with E-state index >= 15 is 0 Å². The molecule has 0 atom stereocenters. The van der Waals surface area contributed by atoms with Gasteiger partial charge in [-0.15, -0.1) is 4.99 Å². The van der Waals surface area contributed by atoms with E-state index in [2.05, 4.69) is 25.9 Å². The summed E-state index contributed by atoms with van der Waals surface area (Å²) in [7, 11) is 0. The topological polar surface area (TPSA) is 46.7 Å². The molecule has 2 aromatic heterocycles. The first-order chi connectivity index (χ1) is 6.33. The molecule has 0 amide bonds. The fourth-order valence-corrected chi connectivity index (χ4v) is 1.62. The van der Waals surface area contributed by atoms with E-state index < -0.39 is 0 Å². The summed E-state index contributed by atoms with van der Waals surface area (Å²) in [6.45, 7) is 0. The summed E-state index contributed by atoms with van der Waals surface area (Å²) in [5.74, 6) is 0.470. The molecule has 0 aliphatic rings. The van der Waals surface area contributed by atoms with E-state index in [0.29, 0.717) is 5.82 Å². The van der Waals surface area contributed by atoms with Gasteiger partial charge in [0, 0.05) is 0 Å². The molecule has 0 saturated carbocycles. The molecule has 13 heavy (non-hydrogen) atoms. The molecule has 0 fully saturated rings. The largest absolute Gasteiger partial charge is 0.270 e. The monoisotopic (exact) mass is 237 g/mol. The molecule has 4 nitrogen and oxygen atoms in total. The smallest absolute Gasteiger partial charge is 0.242 e. The highest BCUT2D eigenvalue weighted by Gasteiger charge is 2.03. The van der Waals surface area contributed by atoms with Gasteiger partial charge in [-0.3, -0.25) is 4.40 Å². The summed E-state index contributed by atoms with van der Waals surface area (Å²) >= 11 is 3.33. The number of imidazole rings is 1. The van der Waals surface area contributed by atoms with E-state index in [9.17, 15) is 4.79 Å². The van der Waals surface area contributed by atoms with Crippen molar-refractivity contribution in [1.82, 2.24) is 9.38 Å². The highest BCUT2D eigenvalue weighted by Crippen LogP contribution is 2.20. The third kappa shape index (κ3) is 1.28. The van der Waals surface area contributed by atoms with Crippen molar-refractivity contribution in [2.24, 2.45) is 4.99 Å². The van der Waals surface area contributed by atoms with E-state index in [1.54, 1.807) is 4.40 Å². The van der Waals surface area contributed by atoms with Crippen LogP contribution in [0.2, 0.25) is 0 Å². The normalized spacial score (nSPS) is 9.92. The molecule has 2 aromatic rings. The molecule has 2 rings (SSSR count). The van der Waals surface area contributed by atoms with Crippen molar-refractivity contribution in [3.05, 3.63) is 29.0 Å². The standard InChI is InChI=1S/C8H4BrN3O/c9-6-2-1-3-7-10-4-8(11-5-13)12(6)7/h1-4H. The summed E-state index contributed by atoms with van der Waals surface area (Å²) in [6, 6.07) is 5.54. The number of pyridine rings is 1. The van der Waals surface area contributed by atoms with Gasteiger partial charge in [0.05, 0.1) is 10.8 Å². The first-order valence-corrected chi connectivity index (χ1v) is 4.32. The van der Waals surface area contributed by atoms with Gasteiger partial charge >= 0.3 is 0 Å². The molecular weight excluding hydrogens is 234 g/mol. The van der Waals surface area contributed by atoms with E-state index in [4.69, 9.17) is 0 Å². The van der Waals surface area contributed by atoms with Crippen LogP contribution in [0.25, 0.3) is 5.65 Å². The lowest BCUT2D eigenvalue weighted by molar-refractivity contribution is 0.565. The molecule has 0 aromatic carbocycles. The molecule has 2 heterocycles. The molecule has 0 unspecified atom stereocenters. The Morgan fingerprint density at radius 3 is 3.15 bits per heavy atom. The Morgan fingerprint density at radius 1 is 1.54 bits per heavy atom. The van der Waals surface area contributed by atoms with E-state index in [-0.39, 0.29) is 0 Å². The fourth-order valence-electron chi connectivity index (χ4n) is 1.11. The number of aromatic nitrogens is 2. The molecule has 0 radical (unpaired) electrons. The van der Waals surface area contributed by atoms with Gasteiger partial charge in [-0.05, 0) is 28.1 Å². The summed E-state index contributed by atoms with van der Waals surface area (Å²) in [5, 5.41) is 0. The van der Waals surface area contributed by atoms with Crippen LogP contribution in [-0.4, -0.2) is 15.5 Å². The molecule has 0 aliphatic heterocycles. The Labute approximate surface area is 82.1 Å². The zero-order valence-electron chi connectivity index (χ0n) is 6.44. The number of hydrogen-bond acceptors (Lipinski definition) is 3. The summed E-state index contributed by atoms with van der Waals surface area (Å²) in [6.07, 6.45) is 3.00. The number of nitrogens with zero attached hydrogens (tertiary/aromatic N) is 3. The number of isocyanates is 1. The second-order valence-corrected chi connectivity index (χ2v) is 3.17.